The first-order valence-corrected chi connectivity index (χ1v) is 13.2. The van der Waals surface area contributed by atoms with Gasteiger partial charge in [0.2, 0.25) is 12.4 Å². The highest BCUT2D eigenvalue weighted by Gasteiger charge is 2.56. The molecule has 16 heteroatoms. The van der Waals surface area contributed by atoms with Crippen LogP contribution in [-0.2, 0) is 52.4 Å². The molecular weight excluding hydrogens is 558 g/mol. The lowest BCUT2D eigenvalue weighted by Crippen LogP contribution is -2.66. The topological polar surface area (TPSA) is 271 Å². The molecule has 0 unspecified atom stereocenters. The molecule has 1 rings (SSSR count). The van der Waals surface area contributed by atoms with Crippen molar-refractivity contribution in [1.29, 1.82) is 0 Å². The Balaban J connectivity index is 3.82. The quantitative estimate of drug-likeness (QED) is 0.129. The summed E-state index contributed by atoms with van der Waals surface area (Å²) >= 11 is 0. The third kappa shape index (κ3) is 10.4. The van der Waals surface area contributed by atoms with E-state index >= 15 is 0 Å². The number of nitrogens with two attached hydrogens (primary N) is 5. The van der Waals surface area contributed by atoms with Crippen molar-refractivity contribution in [3.63, 3.8) is 0 Å². The second-order valence-electron chi connectivity index (χ2n) is 13.3. The second kappa shape index (κ2) is 12.8. The van der Waals surface area contributed by atoms with E-state index in [-0.39, 0.29) is 0 Å². The molecule has 1 fully saturated rings. The van der Waals surface area contributed by atoms with Crippen LogP contribution in [0.5, 0.6) is 0 Å². The number of hydrogen-bond donors (Lipinski definition) is 5. The summed E-state index contributed by atoms with van der Waals surface area (Å²) in [6.07, 6.45) is -8.50. The number of esters is 5. The van der Waals surface area contributed by atoms with E-state index in [4.69, 9.17) is 57.1 Å². The van der Waals surface area contributed by atoms with Crippen LogP contribution in [0.25, 0.3) is 0 Å². The number of hydrogen-bond acceptors (Lipinski definition) is 16. The molecule has 0 bridgehead atoms. The number of ether oxygens (including phenoxy) is 6. The van der Waals surface area contributed by atoms with Crippen LogP contribution in [0, 0.1) is 0 Å². The average Bonchev–Trinajstić information content (AvgIpc) is 2.77. The van der Waals surface area contributed by atoms with Crippen LogP contribution in [-0.4, -0.2) is 94.9 Å². The first-order valence-electron chi connectivity index (χ1n) is 13.2. The van der Waals surface area contributed by atoms with Gasteiger partial charge in [0.1, 0.15) is 40.4 Å². The lowest BCUT2D eigenvalue weighted by atomic mass is 9.96. The van der Waals surface area contributed by atoms with Crippen molar-refractivity contribution in [2.45, 2.75) is 128 Å². The fourth-order valence-corrected chi connectivity index (χ4v) is 2.94. The van der Waals surface area contributed by atoms with Gasteiger partial charge in [0.15, 0.2) is 12.2 Å². The molecule has 1 heterocycles. The van der Waals surface area contributed by atoms with Crippen LogP contribution >= 0.6 is 0 Å². The molecule has 0 saturated carbocycles. The summed E-state index contributed by atoms with van der Waals surface area (Å²) in [5.41, 5.74) is 21.7. The minimum absolute atomic E-state index is 0.647. The van der Waals surface area contributed by atoms with Crippen molar-refractivity contribution in [3.8, 4) is 0 Å². The molecule has 0 amide bonds. The predicted molar refractivity (Wildman–Crippen MR) is 147 cm³/mol. The molecule has 0 aromatic rings. The summed E-state index contributed by atoms with van der Waals surface area (Å²) < 4.78 is 33.4. The van der Waals surface area contributed by atoms with Crippen LogP contribution in [0.1, 0.15) is 69.2 Å². The maximum absolute atomic E-state index is 13.0. The van der Waals surface area contributed by atoms with Crippen molar-refractivity contribution in [2.75, 3.05) is 6.61 Å². The summed E-state index contributed by atoms with van der Waals surface area (Å²) in [5.74, 6) is -4.94. The monoisotopic (exact) mass is 605 g/mol. The summed E-state index contributed by atoms with van der Waals surface area (Å²) in [5, 5.41) is 0. The Morgan fingerprint density at radius 1 is 0.500 bits per heavy atom. The van der Waals surface area contributed by atoms with Gasteiger partial charge < -0.3 is 57.1 Å². The van der Waals surface area contributed by atoms with Gasteiger partial charge >= 0.3 is 29.8 Å². The maximum Gasteiger partial charge on any atom is 0.327 e. The van der Waals surface area contributed by atoms with Crippen LogP contribution in [0.3, 0.4) is 0 Å². The molecule has 1 aliphatic rings. The molecule has 0 aromatic heterocycles. The second-order valence-corrected chi connectivity index (χ2v) is 13.3. The van der Waals surface area contributed by atoms with Gasteiger partial charge in [0.05, 0.1) is 0 Å². The SMILES string of the molecule is CC(C)(N)C(=O)OC[C@H]1O[C@H](OC(=O)C(C)(C)N)[C@H](OC(=O)C(C)(C)N)[C@@H](OC(=O)C(C)(C)N)[C@@H]1OC(=O)C(C)(C)N. The van der Waals surface area contributed by atoms with Gasteiger partial charge in [0.25, 0.3) is 0 Å². The molecule has 0 spiro atoms. The largest absolute Gasteiger partial charge is 0.461 e. The fourth-order valence-electron chi connectivity index (χ4n) is 2.94. The standard InChI is InChI=1S/C26H47N5O11/c1-22(2,27)17(32)37-11-12-13(39-18(33)23(3,4)28)14(40-19(34)24(5,6)29)15(41-20(35)25(7,8)30)16(38-12)42-21(36)26(9,10)31/h12-16H,11,27-31H2,1-10H3/t12-,13-,14+,15-,16-/m1/s1. The molecule has 0 aliphatic carbocycles. The van der Waals surface area contributed by atoms with Gasteiger partial charge in [-0.2, -0.15) is 0 Å². The highest BCUT2D eigenvalue weighted by molar-refractivity contribution is 5.82. The molecule has 0 aromatic carbocycles. The van der Waals surface area contributed by atoms with Crippen molar-refractivity contribution >= 4 is 29.8 Å². The summed E-state index contributed by atoms with van der Waals surface area (Å²) in [6, 6.07) is 0. The van der Waals surface area contributed by atoms with E-state index in [1.54, 1.807) is 0 Å². The summed E-state index contributed by atoms with van der Waals surface area (Å²) in [6.45, 7) is 12.8. The molecule has 16 nitrogen and oxygen atoms in total. The Bertz CT molecular complexity index is 1030. The van der Waals surface area contributed by atoms with E-state index in [1.165, 1.54) is 69.2 Å². The van der Waals surface area contributed by atoms with Gasteiger partial charge in [-0.3, -0.25) is 19.2 Å². The normalized spacial score (nSPS) is 23.8. The number of carbonyl (C=O) groups excluding carboxylic acids is 5. The van der Waals surface area contributed by atoms with E-state index in [9.17, 15) is 24.0 Å². The molecule has 42 heavy (non-hydrogen) atoms. The Morgan fingerprint density at radius 3 is 1.17 bits per heavy atom. The average molecular weight is 606 g/mol. The maximum atomic E-state index is 13.0. The summed E-state index contributed by atoms with van der Waals surface area (Å²) in [7, 11) is 0. The van der Waals surface area contributed by atoms with Crippen LogP contribution in [0.4, 0.5) is 0 Å². The zero-order valence-electron chi connectivity index (χ0n) is 26.0. The third-order valence-electron chi connectivity index (χ3n) is 5.55. The van der Waals surface area contributed by atoms with Crippen LogP contribution in [0.2, 0.25) is 0 Å². The number of rotatable bonds is 11. The van der Waals surface area contributed by atoms with E-state index in [0.717, 1.165) is 0 Å². The van der Waals surface area contributed by atoms with E-state index in [2.05, 4.69) is 0 Å². The minimum atomic E-state index is -1.83. The lowest BCUT2D eigenvalue weighted by molar-refractivity contribution is -0.304. The fraction of sp³-hybridized carbons (Fsp3) is 0.808. The van der Waals surface area contributed by atoms with E-state index < -0.39 is 94.9 Å². The highest BCUT2D eigenvalue weighted by Crippen LogP contribution is 2.32. The van der Waals surface area contributed by atoms with Gasteiger partial charge in [-0.25, -0.2) is 4.79 Å². The van der Waals surface area contributed by atoms with Crippen LogP contribution in [0.15, 0.2) is 0 Å². The molecular formula is C26H47N5O11. The Kier molecular flexibility index (Phi) is 11.3. The summed E-state index contributed by atoms with van der Waals surface area (Å²) in [4.78, 5) is 64.2. The van der Waals surface area contributed by atoms with E-state index in [1.807, 2.05) is 0 Å². The molecule has 242 valence electrons. The van der Waals surface area contributed by atoms with Crippen molar-refractivity contribution in [2.24, 2.45) is 28.7 Å². The highest BCUT2D eigenvalue weighted by atomic mass is 16.7. The Morgan fingerprint density at radius 2 is 0.810 bits per heavy atom. The zero-order valence-corrected chi connectivity index (χ0v) is 26.0. The molecule has 0 radical (unpaired) electrons. The van der Waals surface area contributed by atoms with Crippen molar-refractivity contribution < 1.29 is 52.4 Å². The Labute approximate surface area is 245 Å². The first kappa shape index (κ1) is 37.1. The van der Waals surface area contributed by atoms with Crippen LogP contribution < -0.4 is 28.7 Å². The minimum Gasteiger partial charge on any atom is -0.461 e. The number of carbonyl (C=O) groups is 5. The smallest absolute Gasteiger partial charge is 0.327 e. The molecule has 1 aliphatic heterocycles. The van der Waals surface area contributed by atoms with Gasteiger partial charge in [-0.05, 0) is 69.2 Å². The lowest BCUT2D eigenvalue weighted by Gasteiger charge is -2.45. The Hall–Kier alpha value is -2.89. The van der Waals surface area contributed by atoms with E-state index in [0.29, 0.717) is 0 Å². The van der Waals surface area contributed by atoms with Gasteiger partial charge in [-0.1, -0.05) is 0 Å². The third-order valence-corrected chi connectivity index (χ3v) is 5.55. The molecule has 10 N–H and O–H groups in total. The molecule has 5 atom stereocenters. The van der Waals surface area contributed by atoms with Crippen molar-refractivity contribution in [1.82, 2.24) is 0 Å². The first-order chi connectivity index (χ1) is 18.6. The van der Waals surface area contributed by atoms with Gasteiger partial charge in [-0.15, -0.1) is 0 Å². The predicted octanol–water partition coefficient (Wildman–Crippen LogP) is -1.78. The van der Waals surface area contributed by atoms with Crippen molar-refractivity contribution in [3.05, 3.63) is 0 Å². The zero-order chi connectivity index (χ0) is 33.2. The molecule has 1 saturated heterocycles. The van der Waals surface area contributed by atoms with Gasteiger partial charge in [0, 0.05) is 0 Å².